The summed E-state index contributed by atoms with van der Waals surface area (Å²) in [7, 11) is -2.84. The number of hydrogen-bond acceptors (Lipinski definition) is 9. The normalized spacial score (nSPS) is 13.5. The van der Waals surface area contributed by atoms with Crippen LogP contribution in [0.1, 0.15) is 80.0 Å². The molecular formula is C45H59N3O2S5. The molecule has 0 fully saturated rings. The van der Waals surface area contributed by atoms with E-state index in [-0.39, 0.29) is 0 Å². The molecule has 1 aliphatic heterocycles. The lowest BCUT2D eigenvalue weighted by atomic mass is 10.1. The summed E-state index contributed by atoms with van der Waals surface area (Å²) in [6, 6.07) is 42.8. The number of rotatable bonds is 26. The number of unbranched alkanes of at least 4 members (excludes halogenated alkanes) is 2. The molecular weight excluding hydrogens is 775 g/mol. The maximum atomic E-state index is 11.3. The third kappa shape index (κ3) is 22.1. The maximum absolute atomic E-state index is 11.3. The molecule has 1 heterocycles. The second-order valence-corrected chi connectivity index (χ2v) is 20.9. The van der Waals surface area contributed by atoms with Crippen LogP contribution < -0.4 is 0 Å². The molecule has 0 spiro atoms. The van der Waals surface area contributed by atoms with E-state index in [1.807, 2.05) is 23.5 Å². The first-order valence-electron chi connectivity index (χ1n) is 19.6. The summed E-state index contributed by atoms with van der Waals surface area (Å²) < 4.78 is 22.6. The van der Waals surface area contributed by atoms with Crippen molar-refractivity contribution < 1.29 is 8.42 Å². The van der Waals surface area contributed by atoms with Crippen LogP contribution in [0.4, 0.5) is 0 Å². The van der Waals surface area contributed by atoms with Gasteiger partial charge in [-0.2, -0.15) is 52.2 Å². The van der Waals surface area contributed by atoms with Crippen LogP contribution in [0.15, 0.2) is 137 Å². The fourth-order valence-electron chi connectivity index (χ4n) is 5.94. The first-order chi connectivity index (χ1) is 26.9. The van der Waals surface area contributed by atoms with Gasteiger partial charge in [0, 0.05) is 51.9 Å². The Labute approximate surface area is 349 Å². The van der Waals surface area contributed by atoms with Gasteiger partial charge in [0.2, 0.25) is 0 Å². The standard InChI is InChI=1S/C23H29N3S2.C22H30O2S3/c1-3-9-20(10-4-1)17-27-16-15-22(28-18-21-11-5-2-6-12-21)13-7-8-14-23-24-19-25-26-23;1-27(23,24)17-9-8-14-22(26-19-21-12-6-3-7-13-21)15-16-25-18-20-10-4-2-5-11-20/h1-6,9-12,22H,7-8,13-19H2;2-7,10-13,22H,8-9,14-19H2,1H3. The zero-order valence-electron chi connectivity index (χ0n) is 32.4. The van der Waals surface area contributed by atoms with Crippen molar-refractivity contribution in [2.24, 2.45) is 15.2 Å². The number of benzene rings is 4. The minimum absolute atomic E-state index is 0.311. The Hall–Kier alpha value is -2.50. The summed E-state index contributed by atoms with van der Waals surface area (Å²) in [5.41, 5.74) is 5.59. The minimum Gasteiger partial charge on any atom is -0.243 e. The van der Waals surface area contributed by atoms with E-state index in [9.17, 15) is 8.42 Å². The Morgan fingerprint density at radius 1 is 0.545 bits per heavy atom. The van der Waals surface area contributed by atoms with Gasteiger partial charge in [-0.3, -0.25) is 0 Å². The van der Waals surface area contributed by atoms with E-state index in [4.69, 9.17) is 0 Å². The van der Waals surface area contributed by atoms with Crippen molar-refractivity contribution in [3.8, 4) is 0 Å². The van der Waals surface area contributed by atoms with Crippen LogP contribution in [0.25, 0.3) is 0 Å². The van der Waals surface area contributed by atoms with E-state index in [2.05, 4.69) is 160 Å². The van der Waals surface area contributed by atoms with Crippen molar-refractivity contribution >= 4 is 62.7 Å². The molecule has 10 heteroatoms. The molecule has 0 bridgehead atoms. The molecule has 0 amide bonds. The smallest absolute Gasteiger partial charge is 0.152 e. The first-order valence-corrected chi connectivity index (χ1v) is 26.0. The fraction of sp³-hybridized carbons (Fsp3) is 0.444. The lowest BCUT2D eigenvalue weighted by molar-refractivity contribution is 0.593. The Morgan fingerprint density at radius 3 is 1.36 bits per heavy atom. The summed E-state index contributed by atoms with van der Waals surface area (Å²) in [5.74, 6) is 7.93. The van der Waals surface area contributed by atoms with Crippen LogP contribution >= 0.6 is 47.0 Å². The third-order valence-corrected chi connectivity index (χ3v) is 15.1. The highest BCUT2D eigenvalue weighted by molar-refractivity contribution is 8.00. The summed E-state index contributed by atoms with van der Waals surface area (Å²) in [4.78, 5) is 4.29. The van der Waals surface area contributed by atoms with Gasteiger partial charge in [0.25, 0.3) is 0 Å². The van der Waals surface area contributed by atoms with Gasteiger partial charge in [-0.1, -0.05) is 134 Å². The van der Waals surface area contributed by atoms with Crippen LogP contribution in [-0.2, 0) is 32.8 Å². The number of hydrogen-bond donors (Lipinski definition) is 0. The number of aliphatic imine (C=N–C) groups is 1. The topological polar surface area (TPSA) is 71.2 Å². The quantitative estimate of drug-likeness (QED) is 0.0587. The zero-order chi connectivity index (χ0) is 38.7. The van der Waals surface area contributed by atoms with Crippen LogP contribution in [0.3, 0.4) is 0 Å². The highest BCUT2D eigenvalue weighted by Crippen LogP contribution is 2.29. The lowest BCUT2D eigenvalue weighted by Gasteiger charge is -2.16. The SMILES string of the molecule is CS(=O)(=O)CCCCC(CCSCc1ccccc1)SCc1ccccc1.c1ccc(CSCCC(CCCCC2=NCN=N2)SCc2ccccc2)cc1. The van der Waals surface area contributed by atoms with Crippen LogP contribution in [0.2, 0.25) is 0 Å². The molecule has 0 saturated heterocycles. The highest BCUT2D eigenvalue weighted by atomic mass is 32.2. The fourth-order valence-corrected chi connectivity index (χ4v) is 11.5. The molecule has 4 aromatic carbocycles. The molecule has 0 aliphatic carbocycles. The minimum atomic E-state index is -2.84. The van der Waals surface area contributed by atoms with Gasteiger partial charge in [-0.15, -0.1) is 5.11 Å². The van der Waals surface area contributed by atoms with Gasteiger partial charge < -0.3 is 0 Å². The molecule has 5 nitrogen and oxygen atoms in total. The van der Waals surface area contributed by atoms with Crippen molar-refractivity contribution in [1.29, 1.82) is 0 Å². The molecule has 0 aromatic heterocycles. The van der Waals surface area contributed by atoms with Gasteiger partial charge in [-0.05, 0) is 72.3 Å². The summed E-state index contributed by atoms with van der Waals surface area (Å²) in [6.07, 6.45) is 11.3. The molecule has 1 aliphatic rings. The van der Waals surface area contributed by atoms with Crippen molar-refractivity contribution in [2.75, 3.05) is 30.2 Å². The van der Waals surface area contributed by atoms with Crippen molar-refractivity contribution in [3.05, 3.63) is 144 Å². The second-order valence-electron chi connectivity index (χ2n) is 13.8. The molecule has 5 rings (SSSR count). The van der Waals surface area contributed by atoms with E-state index < -0.39 is 9.84 Å². The van der Waals surface area contributed by atoms with Crippen molar-refractivity contribution in [2.45, 2.75) is 91.3 Å². The Kier molecular flexibility index (Phi) is 23.0. The average Bonchev–Trinajstić information content (AvgIpc) is 3.74. The van der Waals surface area contributed by atoms with E-state index >= 15 is 0 Å². The van der Waals surface area contributed by atoms with E-state index in [0.29, 0.717) is 17.7 Å². The predicted octanol–water partition coefficient (Wildman–Crippen LogP) is 12.8. The second kappa shape index (κ2) is 28.0. The highest BCUT2D eigenvalue weighted by Gasteiger charge is 2.13. The van der Waals surface area contributed by atoms with Crippen LogP contribution in [0.5, 0.6) is 0 Å². The number of thioether (sulfide) groups is 4. The van der Waals surface area contributed by atoms with E-state index in [0.717, 1.165) is 72.0 Å². The summed E-state index contributed by atoms with van der Waals surface area (Å²) in [5, 5.41) is 9.32. The van der Waals surface area contributed by atoms with E-state index in [1.54, 1.807) is 0 Å². The van der Waals surface area contributed by atoms with Crippen LogP contribution in [0, 0.1) is 0 Å². The molecule has 0 N–H and O–H groups in total. The van der Waals surface area contributed by atoms with Gasteiger partial charge >= 0.3 is 0 Å². The maximum Gasteiger partial charge on any atom is 0.152 e. The van der Waals surface area contributed by atoms with Crippen molar-refractivity contribution in [1.82, 2.24) is 0 Å². The molecule has 2 atom stereocenters. The van der Waals surface area contributed by atoms with Gasteiger partial charge in [0.1, 0.15) is 15.7 Å². The molecule has 4 aromatic rings. The van der Waals surface area contributed by atoms with Gasteiger partial charge in [-0.25, -0.2) is 13.4 Å². The van der Waals surface area contributed by atoms with Crippen molar-refractivity contribution in [3.63, 3.8) is 0 Å². The number of azo groups is 1. The first kappa shape index (κ1) is 45.2. The largest absolute Gasteiger partial charge is 0.243 e. The summed E-state index contributed by atoms with van der Waals surface area (Å²) in [6.45, 7) is 0.531. The molecule has 0 saturated carbocycles. The summed E-state index contributed by atoms with van der Waals surface area (Å²) >= 11 is 8.18. The number of nitrogens with zero attached hydrogens (tertiary/aromatic N) is 3. The Morgan fingerprint density at radius 2 is 0.964 bits per heavy atom. The molecule has 0 radical (unpaired) electrons. The third-order valence-electron chi connectivity index (χ3n) is 9.02. The van der Waals surface area contributed by atoms with Gasteiger partial charge in [0.15, 0.2) is 6.67 Å². The zero-order valence-corrected chi connectivity index (χ0v) is 36.5. The predicted molar refractivity (Wildman–Crippen MR) is 247 cm³/mol. The Balaban J connectivity index is 0.000000245. The number of sulfone groups is 1. The van der Waals surface area contributed by atoms with Crippen LogP contribution in [-0.4, -0.2) is 54.9 Å². The Bertz CT molecular complexity index is 1730. The lowest BCUT2D eigenvalue weighted by Crippen LogP contribution is -2.08. The number of amidine groups is 1. The van der Waals surface area contributed by atoms with E-state index in [1.165, 1.54) is 59.9 Å². The average molecular weight is 834 g/mol. The van der Waals surface area contributed by atoms with Gasteiger partial charge in [0.05, 0.1) is 0 Å². The monoisotopic (exact) mass is 833 g/mol. The molecule has 2 unspecified atom stereocenters. The molecule has 296 valence electrons. The molecule has 55 heavy (non-hydrogen) atoms.